The van der Waals surface area contributed by atoms with Crippen molar-refractivity contribution in [3.63, 3.8) is 0 Å². The van der Waals surface area contributed by atoms with Crippen LogP contribution in [0.2, 0.25) is 5.02 Å². The van der Waals surface area contributed by atoms with Gasteiger partial charge >= 0.3 is 0 Å². The summed E-state index contributed by atoms with van der Waals surface area (Å²) in [5.74, 6) is 2.35. The highest BCUT2D eigenvalue weighted by Crippen LogP contribution is 2.28. The molecule has 0 unspecified atom stereocenters. The highest BCUT2D eigenvalue weighted by Gasteiger charge is 2.34. The van der Waals surface area contributed by atoms with E-state index in [9.17, 15) is 8.42 Å². The van der Waals surface area contributed by atoms with E-state index in [4.69, 9.17) is 21.1 Å². The number of sulfonamides is 1. The monoisotopic (exact) mass is 474 g/mol. The summed E-state index contributed by atoms with van der Waals surface area (Å²) in [5, 5.41) is 0.498. The van der Waals surface area contributed by atoms with Gasteiger partial charge in [-0.15, -0.1) is 0 Å². The molecule has 1 atom stereocenters. The molecular weight excluding hydrogens is 452 g/mol. The molecule has 0 bridgehead atoms. The Hall–Kier alpha value is -2.88. The van der Waals surface area contributed by atoms with Gasteiger partial charge in [0.05, 0.1) is 12.0 Å². The predicted molar refractivity (Wildman–Crippen MR) is 122 cm³/mol. The molecule has 1 aliphatic rings. The van der Waals surface area contributed by atoms with Gasteiger partial charge in [0, 0.05) is 42.8 Å². The predicted octanol–water partition coefficient (Wildman–Crippen LogP) is 3.83. The van der Waals surface area contributed by atoms with Crippen LogP contribution in [0.3, 0.4) is 0 Å². The van der Waals surface area contributed by atoms with Gasteiger partial charge in [-0.2, -0.15) is 4.31 Å². The molecule has 2 heterocycles. The zero-order chi connectivity index (χ0) is 22.7. The number of benzene rings is 2. The maximum Gasteiger partial charge on any atom is 0.243 e. The molecule has 1 saturated heterocycles. The lowest BCUT2D eigenvalue weighted by molar-refractivity contribution is 0.305. The number of rotatable bonds is 6. The number of halogens is 1. The molecule has 3 aromatic rings. The summed E-state index contributed by atoms with van der Waals surface area (Å²) < 4.78 is 38.7. The molecule has 1 aromatic heterocycles. The van der Waals surface area contributed by atoms with Crippen molar-refractivity contribution in [2.75, 3.05) is 31.6 Å². The second-order valence-electron chi connectivity index (χ2n) is 7.36. The highest BCUT2D eigenvalue weighted by atomic mass is 35.5. The van der Waals surface area contributed by atoms with Crippen molar-refractivity contribution in [3.05, 3.63) is 65.9 Å². The Balaban J connectivity index is 1.47. The van der Waals surface area contributed by atoms with Crippen LogP contribution in [0, 0.1) is 0 Å². The van der Waals surface area contributed by atoms with Gasteiger partial charge in [-0.1, -0.05) is 17.7 Å². The smallest absolute Gasteiger partial charge is 0.243 e. The minimum atomic E-state index is -3.61. The van der Waals surface area contributed by atoms with E-state index in [1.54, 1.807) is 31.4 Å². The number of nitrogens with zero attached hydrogens (tertiary/aromatic N) is 4. The van der Waals surface area contributed by atoms with Crippen LogP contribution in [0.1, 0.15) is 6.92 Å². The fraction of sp³-hybridized carbons (Fsp3) is 0.273. The van der Waals surface area contributed by atoms with E-state index in [1.807, 2.05) is 30.0 Å². The second kappa shape index (κ2) is 9.32. The van der Waals surface area contributed by atoms with Gasteiger partial charge in [-0.05, 0) is 43.3 Å². The van der Waals surface area contributed by atoms with E-state index in [0.29, 0.717) is 47.9 Å². The van der Waals surface area contributed by atoms with Gasteiger partial charge in [0.15, 0.2) is 0 Å². The number of hydrogen-bond acceptors (Lipinski definition) is 7. The summed E-state index contributed by atoms with van der Waals surface area (Å²) in [7, 11) is -2.02. The molecule has 4 rings (SSSR count). The van der Waals surface area contributed by atoms with E-state index < -0.39 is 10.0 Å². The first kappa shape index (κ1) is 22.3. The topological polar surface area (TPSA) is 84.9 Å². The average Bonchev–Trinajstić information content (AvgIpc) is 2.79. The Labute approximate surface area is 192 Å². The van der Waals surface area contributed by atoms with Gasteiger partial charge in [0.1, 0.15) is 23.6 Å². The Morgan fingerprint density at radius 3 is 2.50 bits per heavy atom. The lowest BCUT2D eigenvalue weighted by Gasteiger charge is -2.39. The molecule has 2 aromatic carbocycles. The molecule has 168 valence electrons. The fourth-order valence-corrected chi connectivity index (χ4v) is 5.33. The number of methoxy groups -OCH3 is 1. The van der Waals surface area contributed by atoms with E-state index in [2.05, 4.69) is 9.97 Å². The summed E-state index contributed by atoms with van der Waals surface area (Å²) >= 11 is 5.90. The van der Waals surface area contributed by atoms with Gasteiger partial charge in [0.2, 0.25) is 15.9 Å². The zero-order valence-corrected chi connectivity index (χ0v) is 19.3. The quantitative estimate of drug-likeness (QED) is 0.536. The molecule has 0 aliphatic carbocycles. The maximum atomic E-state index is 13.1. The lowest BCUT2D eigenvalue weighted by Crippen LogP contribution is -2.54. The van der Waals surface area contributed by atoms with Crippen LogP contribution in [-0.4, -0.2) is 55.5 Å². The molecule has 0 N–H and O–H groups in total. The maximum absolute atomic E-state index is 13.1. The van der Waals surface area contributed by atoms with Crippen LogP contribution in [0.5, 0.6) is 17.4 Å². The molecule has 0 spiro atoms. The third-order valence-corrected chi connectivity index (χ3v) is 7.48. The van der Waals surface area contributed by atoms with Crippen LogP contribution < -0.4 is 14.4 Å². The van der Waals surface area contributed by atoms with Crippen molar-refractivity contribution in [2.24, 2.45) is 0 Å². The van der Waals surface area contributed by atoms with Crippen molar-refractivity contribution >= 4 is 27.4 Å². The summed E-state index contributed by atoms with van der Waals surface area (Å²) in [6.07, 6.45) is 1.44. The zero-order valence-electron chi connectivity index (χ0n) is 17.7. The molecule has 0 amide bonds. The minimum absolute atomic E-state index is 0.234. The van der Waals surface area contributed by atoms with Gasteiger partial charge < -0.3 is 14.4 Å². The highest BCUT2D eigenvalue weighted by molar-refractivity contribution is 7.89. The largest absolute Gasteiger partial charge is 0.497 e. The number of hydrogen-bond donors (Lipinski definition) is 0. The first-order valence-corrected chi connectivity index (χ1v) is 11.8. The van der Waals surface area contributed by atoms with Crippen molar-refractivity contribution < 1.29 is 17.9 Å². The van der Waals surface area contributed by atoms with Crippen LogP contribution in [0.4, 0.5) is 5.82 Å². The van der Waals surface area contributed by atoms with Crippen LogP contribution in [-0.2, 0) is 10.0 Å². The number of piperazine rings is 1. The Morgan fingerprint density at radius 2 is 1.78 bits per heavy atom. The lowest BCUT2D eigenvalue weighted by atomic mass is 10.2. The second-order valence-corrected chi connectivity index (χ2v) is 9.69. The summed E-state index contributed by atoms with van der Waals surface area (Å²) in [4.78, 5) is 10.8. The third kappa shape index (κ3) is 4.79. The fourth-order valence-electron chi connectivity index (χ4n) is 3.59. The van der Waals surface area contributed by atoms with Gasteiger partial charge in [-0.25, -0.2) is 18.4 Å². The van der Waals surface area contributed by atoms with Crippen molar-refractivity contribution in [1.29, 1.82) is 0 Å². The summed E-state index contributed by atoms with van der Waals surface area (Å²) in [6.45, 7) is 3.20. The molecule has 0 saturated carbocycles. The van der Waals surface area contributed by atoms with Gasteiger partial charge in [0.25, 0.3) is 0 Å². The molecule has 1 aliphatic heterocycles. The Bertz CT molecular complexity index is 1190. The number of ether oxygens (including phenoxy) is 2. The van der Waals surface area contributed by atoms with Crippen LogP contribution >= 0.6 is 11.6 Å². The number of aromatic nitrogens is 2. The van der Waals surface area contributed by atoms with E-state index in [1.165, 1.54) is 22.8 Å². The van der Waals surface area contributed by atoms with Crippen molar-refractivity contribution in [1.82, 2.24) is 14.3 Å². The Kier molecular flexibility index (Phi) is 6.50. The van der Waals surface area contributed by atoms with Crippen LogP contribution in [0.25, 0.3) is 0 Å². The van der Waals surface area contributed by atoms with E-state index in [-0.39, 0.29) is 10.9 Å². The van der Waals surface area contributed by atoms with E-state index in [0.717, 1.165) is 0 Å². The number of anilines is 1. The molecule has 32 heavy (non-hydrogen) atoms. The normalized spacial score (nSPS) is 17.2. The SMILES string of the molecule is COc1cccc(Oc2cc(N3CCN(S(=O)(=O)c4ccc(Cl)cc4)[C@H](C)C3)ncn2)c1. The molecule has 8 nitrogen and oxygen atoms in total. The first-order valence-electron chi connectivity index (χ1n) is 10.0. The van der Waals surface area contributed by atoms with Crippen LogP contribution in [0.15, 0.2) is 65.8 Å². The molecule has 10 heteroatoms. The van der Waals surface area contributed by atoms with E-state index >= 15 is 0 Å². The summed E-state index contributed by atoms with van der Waals surface area (Å²) in [6, 6.07) is 15.0. The first-order chi connectivity index (χ1) is 15.4. The minimum Gasteiger partial charge on any atom is -0.497 e. The van der Waals surface area contributed by atoms with Gasteiger partial charge in [-0.3, -0.25) is 0 Å². The average molecular weight is 475 g/mol. The molecule has 0 radical (unpaired) electrons. The Morgan fingerprint density at radius 1 is 1.03 bits per heavy atom. The van der Waals surface area contributed by atoms with Crippen molar-refractivity contribution in [2.45, 2.75) is 17.9 Å². The summed E-state index contributed by atoms with van der Waals surface area (Å²) in [5.41, 5.74) is 0. The molecule has 1 fully saturated rings. The van der Waals surface area contributed by atoms with Crippen molar-refractivity contribution in [3.8, 4) is 17.4 Å². The standard InChI is InChI=1S/C22H23ClN4O4S/c1-16-14-26(10-11-27(16)32(28,29)20-8-6-17(23)7-9-20)21-13-22(25-15-24-21)31-19-5-3-4-18(12-19)30-2/h3-9,12-13,15-16H,10-11,14H2,1-2H3/t16-/m1/s1. The molecular formula is C22H23ClN4O4S. The third-order valence-electron chi connectivity index (χ3n) is 5.20.